The van der Waals surface area contributed by atoms with E-state index >= 15 is 0 Å². The van der Waals surface area contributed by atoms with Gasteiger partial charge in [-0.3, -0.25) is 9.59 Å². The molecule has 0 radical (unpaired) electrons. The maximum Gasteiger partial charge on any atom is 0.329 e. The fourth-order valence-electron chi connectivity index (χ4n) is 2.64. The lowest BCUT2D eigenvalue weighted by atomic mass is 10.0. The lowest BCUT2D eigenvalue weighted by Crippen LogP contribution is -2.46. The number of ether oxygens (including phenoxy) is 1. The van der Waals surface area contributed by atoms with Crippen molar-refractivity contribution in [2.45, 2.75) is 33.2 Å². The highest BCUT2D eigenvalue weighted by Crippen LogP contribution is 2.22. The van der Waals surface area contributed by atoms with Crippen LogP contribution in [0.4, 0.5) is 5.69 Å². The van der Waals surface area contributed by atoms with Crippen LogP contribution in [0.15, 0.2) is 48.5 Å². The highest BCUT2D eigenvalue weighted by atomic mass is 35.5. The molecule has 0 saturated carbocycles. The van der Waals surface area contributed by atoms with E-state index in [-0.39, 0.29) is 18.2 Å². The minimum Gasteiger partial charge on any atom is -0.454 e. The molecule has 0 aromatic heterocycles. The number of rotatable bonds is 8. The summed E-state index contributed by atoms with van der Waals surface area (Å²) in [5.41, 5.74) is 2.25. The van der Waals surface area contributed by atoms with Crippen LogP contribution < -0.4 is 10.6 Å². The summed E-state index contributed by atoms with van der Waals surface area (Å²) in [6.07, 6.45) is 0.156. The topological polar surface area (TPSA) is 84.5 Å². The van der Waals surface area contributed by atoms with Crippen molar-refractivity contribution in [1.29, 1.82) is 0 Å². The van der Waals surface area contributed by atoms with Crippen molar-refractivity contribution in [2.24, 2.45) is 5.92 Å². The second-order valence-electron chi connectivity index (χ2n) is 7.09. The van der Waals surface area contributed by atoms with Crippen LogP contribution in [0.5, 0.6) is 0 Å². The number of benzene rings is 2. The summed E-state index contributed by atoms with van der Waals surface area (Å²) >= 11 is 6.08. The monoisotopic (exact) mass is 416 g/mol. The number of aryl methyl sites for hydroxylation is 1. The molecular formula is C22H25ClN2O4. The second-order valence-corrected chi connectivity index (χ2v) is 7.50. The lowest BCUT2D eigenvalue weighted by molar-refractivity contribution is -0.151. The Labute approximate surface area is 175 Å². The van der Waals surface area contributed by atoms with Gasteiger partial charge in [-0.2, -0.15) is 0 Å². The molecule has 0 spiro atoms. The quantitative estimate of drug-likeness (QED) is 0.645. The summed E-state index contributed by atoms with van der Waals surface area (Å²) in [6.45, 7) is 5.00. The number of hydrogen-bond acceptors (Lipinski definition) is 4. The first-order chi connectivity index (χ1) is 13.8. The van der Waals surface area contributed by atoms with Gasteiger partial charge in [0.25, 0.3) is 5.91 Å². The molecule has 0 fully saturated rings. The van der Waals surface area contributed by atoms with E-state index in [4.69, 9.17) is 16.3 Å². The van der Waals surface area contributed by atoms with E-state index in [1.807, 2.05) is 43.3 Å². The summed E-state index contributed by atoms with van der Waals surface area (Å²) in [6, 6.07) is 13.6. The van der Waals surface area contributed by atoms with Crippen molar-refractivity contribution in [1.82, 2.24) is 5.32 Å². The first-order valence-corrected chi connectivity index (χ1v) is 9.70. The van der Waals surface area contributed by atoms with Gasteiger partial charge >= 0.3 is 5.97 Å². The molecule has 7 heteroatoms. The van der Waals surface area contributed by atoms with Gasteiger partial charge in [-0.1, -0.05) is 61.8 Å². The molecule has 0 aliphatic rings. The van der Waals surface area contributed by atoms with Crippen LogP contribution in [-0.4, -0.2) is 30.4 Å². The number of hydrogen-bond donors (Lipinski definition) is 2. The Bertz CT molecular complexity index is 868. The second kappa shape index (κ2) is 10.6. The van der Waals surface area contributed by atoms with Crippen molar-refractivity contribution in [2.75, 3.05) is 11.9 Å². The van der Waals surface area contributed by atoms with Crippen LogP contribution in [0.1, 0.15) is 25.0 Å². The maximum atomic E-state index is 12.4. The third-order valence-corrected chi connectivity index (χ3v) is 4.50. The van der Waals surface area contributed by atoms with Crippen molar-refractivity contribution in [3.8, 4) is 0 Å². The molecule has 1 atom stereocenters. The number of carbonyl (C=O) groups excluding carboxylic acids is 3. The molecule has 0 heterocycles. The largest absolute Gasteiger partial charge is 0.454 e. The molecule has 2 N–H and O–H groups in total. The van der Waals surface area contributed by atoms with E-state index in [0.29, 0.717) is 10.7 Å². The minimum atomic E-state index is -0.845. The van der Waals surface area contributed by atoms with Crippen LogP contribution in [0.3, 0.4) is 0 Å². The lowest BCUT2D eigenvalue weighted by Gasteiger charge is -2.21. The van der Waals surface area contributed by atoms with E-state index < -0.39 is 24.5 Å². The molecule has 0 bridgehead atoms. The Hall–Kier alpha value is -2.86. The number of halogens is 1. The van der Waals surface area contributed by atoms with Gasteiger partial charge in [0.1, 0.15) is 6.04 Å². The first kappa shape index (κ1) is 22.4. The van der Waals surface area contributed by atoms with Crippen LogP contribution in [-0.2, 0) is 25.5 Å². The molecule has 6 nitrogen and oxygen atoms in total. The molecule has 29 heavy (non-hydrogen) atoms. The van der Waals surface area contributed by atoms with Crippen molar-refractivity contribution >= 4 is 35.1 Å². The fourth-order valence-corrected chi connectivity index (χ4v) is 2.92. The van der Waals surface area contributed by atoms with E-state index in [9.17, 15) is 14.4 Å². The Morgan fingerprint density at radius 3 is 2.34 bits per heavy atom. The molecule has 2 aromatic rings. The molecular weight excluding hydrogens is 392 g/mol. The predicted octanol–water partition coefficient (Wildman–Crippen LogP) is 3.51. The molecule has 2 rings (SSSR count). The molecule has 2 aromatic carbocycles. The van der Waals surface area contributed by atoms with Crippen molar-refractivity contribution in [3.63, 3.8) is 0 Å². The van der Waals surface area contributed by atoms with Crippen molar-refractivity contribution < 1.29 is 19.1 Å². The van der Waals surface area contributed by atoms with Gasteiger partial charge in [0, 0.05) is 0 Å². The van der Waals surface area contributed by atoms with Crippen LogP contribution >= 0.6 is 11.6 Å². The Kier molecular flexibility index (Phi) is 8.21. The normalized spacial score (nSPS) is 11.6. The highest BCUT2D eigenvalue weighted by molar-refractivity contribution is 6.33. The van der Waals surface area contributed by atoms with Crippen LogP contribution in [0.2, 0.25) is 5.02 Å². The fraction of sp³-hybridized carbons (Fsp3) is 0.318. The van der Waals surface area contributed by atoms with Gasteiger partial charge in [0.15, 0.2) is 6.61 Å². The summed E-state index contributed by atoms with van der Waals surface area (Å²) in [5.74, 6) is -1.66. The zero-order valence-electron chi connectivity index (χ0n) is 16.7. The van der Waals surface area contributed by atoms with Crippen molar-refractivity contribution in [3.05, 3.63) is 64.7 Å². The molecule has 154 valence electrons. The summed E-state index contributed by atoms with van der Waals surface area (Å²) in [4.78, 5) is 36.7. The van der Waals surface area contributed by atoms with Gasteiger partial charge in [-0.15, -0.1) is 0 Å². The molecule has 0 unspecified atom stereocenters. The average molecular weight is 417 g/mol. The zero-order chi connectivity index (χ0) is 21.4. The number of carbonyl (C=O) groups is 3. The predicted molar refractivity (Wildman–Crippen MR) is 113 cm³/mol. The standard InChI is InChI=1S/C22H25ClN2O4/c1-14(2)21(25-19(26)12-16-7-5-4-6-8-16)22(28)29-13-20(27)24-18-10-9-15(3)11-17(18)23/h4-11,14,21H,12-13H2,1-3H3,(H,24,27)(H,25,26)/t21-/m0/s1. The summed E-state index contributed by atoms with van der Waals surface area (Å²) in [5, 5.41) is 5.69. The average Bonchev–Trinajstić information content (AvgIpc) is 2.67. The van der Waals surface area contributed by atoms with Crippen LogP contribution in [0.25, 0.3) is 0 Å². The van der Waals surface area contributed by atoms with Gasteiger partial charge in [0.2, 0.25) is 5.91 Å². The maximum absolute atomic E-state index is 12.4. The van der Waals surface area contributed by atoms with E-state index in [2.05, 4.69) is 10.6 Å². The Morgan fingerprint density at radius 1 is 1.03 bits per heavy atom. The van der Waals surface area contributed by atoms with Gasteiger partial charge in [0.05, 0.1) is 17.1 Å². The molecule has 0 aliphatic heterocycles. The summed E-state index contributed by atoms with van der Waals surface area (Å²) in [7, 11) is 0. The molecule has 2 amide bonds. The van der Waals surface area contributed by atoms with E-state index in [0.717, 1.165) is 11.1 Å². The smallest absolute Gasteiger partial charge is 0.329 e. The van der Waals surface area contributed by atoms with E-state index in [1.54, 1.807) is 26.0 Å². The minimum absolute atomic E-state index is 0.156. The van der Waals surface area contributed by atoms with Gasteiger partial charge in [-0.05, 0) is 36.1 Å². The Morgan fingerprint density at radius 2 is 1.72 bits per heavy atom. The molecule has 0 saturated heterocycles. The van der Waals surface area contributed by atoms with Gasteiger partial charge in [-0.25, -0.2) is 4.79 Å². The zero-order valence-corrected chi connectivity index (χ0v) is 17.5. The molecule has 0 aliphatic carbocycles. The number of esters is 1. The van der Waals surface area contributed by atoms with E-state index in [1.165, 1.54) is 0 Å². The highest BCUT2D eigenvalue weighted by Gasteiger charge is 2.26. The summed E-state index contributed by atoms with van der Waals surface area (Å²) < 4.78 is 5.11. The first-order valence-electron chi connectivity index (χ1n) is 9.32. The Balaban J connectivity index is 1.88. The SMILES string of the molecule is Cc1ccc(NC(=O)COC(=O)[C@@H](NC(=O)Cc2ccccc2)C(C)C)c(Cl)c1. The third kappa shape index (κ3) is 7.23. The third-order valence-electron chi connectivity index (χ3n) is 4.19. The van der Waals surface area contributed by atoms with Crippen LogP contribution in [0, 0.1) is 12.8 Å². The number of nitrogens with one attached hydrogen (secondary N) is 2. The number of anilines is 1. The van der Waals surface area contributed by atoms with Gasteiger partial charge < -0.3 is 15.4 Å². The number of amides is 2.